The first-order valence-corrected chi connectivity index (χ1v) is 10.8. The number of fused-ring (bicyclic) bond motifs is 3. The topological polar surface area (TPSA) is 52.0 Å². The Morgan fingerprint density at radius 2 is 1.76 bits per heavy atom. The van der Waals surface area contributed by atoms with Crippen molar-refractivity contribution in [2.24, 2.45) is 0 Å². The molecule has 29 heavy (non-hydrogen) atoms. The monoisotopic (exact) mass is 428 g/mol. The lowest BCUT2D eigenvalue weighted by Gasteiger charge is -2.29. The van der Waals surface area contributed by atoms with Gasteiger partial charge in [-0.25, -0.2) is 0 Å². The minimum Gasteiger partial charge on any atom is -0.490 e. The fraction of sp³-hybridized carbons (Fsp3) is 0.364. The number of halogens is 2. The van der Waals surface area contributed by atoms with E-state index in [9.17, 15) is 0 Å². The number of nitrogens with one attached hydrogen (secondary N) is 1. The average Bonchev–Trinajstić information content (AvgIpc) is 3.04. The molecule has 1 N–H and O–H groups in total. The summed E-state index contributed by atoms with van der Waals surface area (Å²) in [6.07, 6.45) is 4.25. The molecule has 2 aromatic carbocycles. The predicted molar refractivity (Wildman–Crippen MR) is 114 cm³/mol. The van der Waals surface area contributed by atoms with Gasteiger partial charge in [-0.3, -0.25) is 4.57 Å². The molecule has 0 amide bonds. The number of hydrogen-bond acceptors (Lipinski definition) is 4. The molecule has 3 aromatic rings. The first-order valence-electron chi connectivity index (χ1n) is 10.0. The van der Waals surface area contributed by atoms with E-state index < -0.39 is 0 Å². The van der Waals surface area contributed by atoms with Gasteiger partial charge in [-0.15, -0.1) is 10.2 Å². The highest BCUT2D eigenvalue weighted by Crippen LogP contribution is 2.36. The number of rotatable bonds is 3. The first kappa shape index (κ1) is 18.9. The molecule has 0 spiro atoms. The molecule has 5 rings (SSSR count). The maximum atomic E-state index is 6.22. The SMILES string of the molecule is Clc1cccc(OC2CCC(c3nnc4n3-c3ccc(Cl)cc3CNC4)CC2)c1. The molecule has 1 fully saturated rings. The van der Waals surface area contributed by atoms with Crippen molar-refractivity contribution in [1.29, 1.82) is 0 Å². The van der Waals surface area contributed by atoms with Gasteiger partial charge in [0.1, 0.15) is 11.6 Å². The van der Waals surface area contributed by atoms with Crippen molar-refractivity contribution in [1.82, 2.24) is 20.1 Å². The van der Waals surface area contributed by atoms with Gasteiger partial charge < -0.3 is 10.1 Å². The number of ether oxygens (including phenoxy) is 1. The van der Waals surface area contributed by atoms with Gasteiger partial charge in [-0.05, 0) is 67.6 Å². The molecule has 0 atom stereocenters. The van der Waals surface area contributed by atoms with Crippen LogP contribution in [0.2, 0.25) is 10.0 Å². The van der Waals surface area contributed by atoms with Gasteiger partial charge in [-0.1, -0.05) is 29.3 Å². The van der Waals surface area contributed by atoms with Gasteiger partial charge in [-0.2, -0.15) is 0 Å². The summed E-state index contributed by atoms with van der Waals surface area (Å²) in [5.41, 5.74) is 2.31. The third-order valence-corrected chi connectivity index (χ3v) is 6.24. The van der Waals surface area contributed by atoms with Crippen LogP contribution in [-0.4, -0.2) is 20.9 Å². The molecule has 150 valence electrons. The Morgan fingerprint density at radius 3 is 2.59 bits per heavy atom. The smallest absolute Gasteiger partial charge is 0.151 e. The molecular weight excluding hydrogens is 407 g/mol. The molecule has 7 heteroatoms. The maximum Gasteiger partial charge on any atom is 0.151 e. The van der Waals surface area contributed by atoms with E-state index in [1.165, 1.54) is 5.56 Å². The molecule has 1 aliphatic carbocycles. The molecule has 1 aliphatic heterocycles. The second kappa shape index (κ2) is 7.98. The average molecular weight is 429 g/mol. The van der Waals surface area contributed by atoms with Crippen LogP contribution in [0.1, 0.15) is 48.8 Å². The number of nitrogens with zero attached hydrogens (tertiary/aromatic N) is 3. The van der Waals surface area contributed by atoms with Crippen LogP contribution in [0, 0.1) is 0 Å². The third kappa shape index (κ3) is 3.87. The Labute approximate surface area is 180 Å². The second-order valence-electron chi connectivity index (χ2n) is 7.74. The van der Waals surface area contributed by atoms with Gasteiger partial charge in [0.15, 0.2) is 5.82 Å². The molecule has 0 unspecified atom stereocenters. The van der Waals surface area contributed by atoms with Crippen LogP contribution in [-0.2, 0) is 13.1 Å². The van der Waals surface area contributed by atoms with Crippen LogP contribution in [0.5, 0.6) is 5.75 Å². The van der Waals surface area contributed by atoms with E-state index in [4.69, 9.17) is 27.9 Å². The first-order chi connectivity index (χ1) is 14.2. The number of aromatic nitrogens is 3. The Balaban J connectivity index is 1.35. The van der Waals surface area contributed by atoms with Crippen molar-refractivity contribution in [3.05, 3.63) is 69.7 Å². The summed E-state index contributed by atoms with van der Waals surface area (Å²) < 4.78 is 8.38. The van der Waals surface area contributed by atoms with Crippen LogP contribution in [0.25, 0.3) is 5.69 Å². The molecule has 1 aromatic heterocycles. The predicted octanol–water partition coefficient (Wildman–Crippen LogP) is 5.28. The normalized spacial score (nSPS) is 21.2. The molecule has 1 saturated carbocycles. The van der Waals surface area contributed by atoms with Gasteiger partial charge in [0.25, 0.3) is 0 Å². The van der Waals surface area contributed by atoms with Crippen molar-refractivity contribution < 1.29 is 4.74 Å². The van der Waals surface area contributed by atoms with Crippen LogP contribution >= 0.6 is 23.2 Å². The van der Waals surface area contributed by atoms with E-state index in [1.807, 2.05) is 36.4 Å². The summed E-state index contributed by atoms with van der Waals surface area (Å²) in [6, 6.07) is 13.7. The molecule has 0 bridgehead atoms. The van der Waals surface area contributed by atoms with Crippen LogP contribution in [0.3, 0.4) is 0 Å². The van der Waals surface area contributed by atoms with Gasteiger partial charge >= 0.3 is 0 Å². The number of hydrogen-bond donors (Lipinski definition) is 1. The summed E-state index contributed by atoms with van der Waals surface area (Å²) in [7, 11) is 0. The summed E-state index contributed by atoms with van der Waals surface area (Å²) in [4.78, 5) is 0. The summed E-state index contributed by atoms with van der Waals surface area (Å²) in [6.45, 7) is 1.48. The van der Waals surface area contributed by atoms with E-state index in [0.29, 0.717) is 17.5 Å². The summed E-state index contributed by atoms with van der Waals surface area (Å²) in [5.74, 6) is 3.22. The zero-order valence-corrected chi connectivity index (χ0v) is 17.5. The van der Waals surface area contributed by atoms with Crippen LogP contribution in [0.15, 0.2) is 42.5 Å². The summed E-state index contributed by atoms with van der Waals surface area (Å²) >= 11 is 12.3. The fourth-order valence-electron chi connectivity index (χ4n) is 4.37. The van der Waals surface area contributed by atoms with E-state index in [0.717, 1.165) is 60.3 Å². The van der Waals surface area contributed by atoms with Crippen molar-refractivity contribution >= 4 is 23.2 Å². The zero-order chi connectivity index (χ0) is 19.8. The maximum absolute atomic E-state index is 6.22. The van der Waals surface area contributed by atoms with Crippen LogP contribution in [0.4, 0.5) is 0 Å². The molecule has 2 heterocycles. The number of benzene rings is 2. The van der Waals surface area contributed by atoms with Gasteiger partial charge in [0.05, 0.1) is 18.3 Å². The lowest BCUT2D eigenvalue weighted by Crippen LogP contribution is -2.25. The third-order valence-electron chi connectivity index (χ3n) is 5.77. The highest BCUT2D eigenvalue weighted by molar-refractivity contribution is 6.31. The molecule has 2 aliphatic rings. The van der Waals surface area contributed by atoms with Crippen molar-refractivity contribution in [3.63, 3.8) is 0 Å². The molecule has 5 nitrogen and oxygen atoms in total. The lowest BCUT2D eigenvalue weighted by molar-refractivity contribution is 0.144. The standard InChI is InChI=1S/C22H22Cl2N4O/c23-16-2-1-3-19(11-16)29-18-7-4-14(5-8-18)22-27-26-21-13-25-12-15-10-17(24)6-9-20(15)28(21)22/h1-3,6,9-11,14,18,25H,4-5,7-8,12-13H2. The van der Waals surface area contributed by atoms with E-state index in [1.54, 1.807) is 0 Å². The van der Waals surface area contributed by atoms with Gasteiger partial charge in [0.2, 0.25) is 0 Å². The minimum absolute atomic E-state index is 0.212. The second-order valence-corrected chi connectivity index (χ2v) is 8.61. The Hall–Kier alpha value is -2.08. The highest BCUT2D eigenvalue weighted by atomic mass is 35.5. The molecule has 0 radical (unpaired) electrons. The van der Waals surface area contributed by atoms with Crippen molar-refractivity contribution in [3.8, 4) is 11.4 Å². The van der Waals surface area contributed by atoms with E-state index >= 15 is 0 Å². The van der Waals surface area contributed by atoms with E-state index in [2.05, 4.69) is 26.1 Å². The highest BCUT2D eigenvalue weighted by Gasteiger charge is 2.30. The van der Waals surface area contributed by atoms with Crippen molar-refractivity contribution in [2.75, 3.05) is 0 Å². The quantitative estimate of drug-likeness (QED) is 0.615. The Kier molecular flexibility index (Phi) is 5.20. The largest absolute Gasteiger partial charge is 0.490 e. The minimum atomic E-state index is 0.212. The van der Waals surface area contributed by atoms with Crippen LogP contribution < -0.4 is 10.1 Å². The molecule has 0 saturated heterocycles. The Bertz CT molecular complexity index is 1030. The van der Waals surface area contributed by atoms with E-state index in [-0.39, 0.29) is 6.10 Å². The zero-order valence-electron chi connectivity index (χ0n) is 15.9. The lowest BCUT2D eigenvalue weighted by atomic mass is 9.86. The Morgan fingerprint density at radius 1 is 0.931 bits per heavy atom. The molecular formula is C22H22Cl2N4O. The fourth-order valence-corrected chi connectivity index (χ4v) is 4.74. The van der Waals surface area contributed by atoms with Gasteiger partial charge in [0, 0.05) is 22.5 Å². The van der Waals surface area contributed by atoms with Crippen molar-refractivity contribution in [2.45, 2.75) is 50.8 Å². The summed E-state index contributed by atoms with van der Waals surface area (Å²) in [5, 5.41) is 14.0.